The number of aliphatic hydroxyl groups excluding tert-OH is 1. The Morgan fingerprint density at radius 3 is 2.11 bits per heavy atom. The Kier molecular flexibility index (Phi) is 9.09. The Labute approximate surface area is 97.1 Å². The van der Waals surface area contributed by atoms with Gasteiger partial charge in [0, 0.05) is 0 Å². The van der Waals surface area contributed by atoms with Gasteiger partial charge in [0.15, 0.2) is 0 Å². The van der Waals surface area contributed by atoms with Crippen LogP contribution in [0, 0.1) is 0 Å². The zero-order chi connectivity index (χ0) is 6.62. The van der Waals surface area contributed by atoms with Gasteiger partial charge in [-0.15, -0.1) is 0 Å². The van der Waals surface area contributed by atoms with Gasteiger partial charge in [-0.2, -0.15) is 8.42 Å². The molecule has 1 N–H and O–H groups in total. The molecule has 0 bridgehead atoms. The Morgan fingerprint density at radius 2 is 2.00 bits per heavy atom. The monoisotopic (exact) mass is 180 g/mol. The molecule has 0 aromatic carbocycles. The standard InChI is InChI=1S/C3H8O4S.K.H/c1-7-8(5,6)3-2-4;;/h4H,2-3H2,1H3;;. The first-order chi connectivity index (χ1) is 3.62. The van der Waals surface area contributed by atoms with Crippen molar-refractivity contribution in [3.05, 3.63) is 0 Å². The van der Waals surface area contributed by atoms with Crippen molar-refractivity contribution >= 4 is 61.5 Å². The Bertz CT molecular complexity index is 140. The number of hydrogen-bond donors (Lipinski definition) is 1. The van der Waals surface area contributed by atoms with Crippen molar-refractivity contribution in [3.8, 4) is 0 Å². The minimum atomic E-state index is -3.42. The van der Waals surface area contributed by atoms with Crippen LogP contribution >= 0.6 is 0 Å². The molecule has 52 valence electrons. The van der Waals surface area contributed by atoms with Gasteiger partial charge in [-0.3, -0.25) is 4.18 Å². The van der Waals surface area contributed by atoms with Crippen molar-refractivity contribution in [3.63, 3.8) is 0 Å². The third kappa shape index (κ3) is 7.40. The molecule has 4 nitrogen and oxygen atoms in total. The summed E-state index contributed by atoms with van der Waals surface area (Å²) < 4.78 is 24.4. The van der Waals surface area contributed by atoms with Crippen molar-refractivity contribution in [1.82, 2.24) is 0 Å². The molecule has 0 saturated heterocycles. The molecule has 0 saturated carbocycles. The molecular weight excluding hydrogens is 171 g/mol. The topological polar surface area (TPSA) is 63.6 Å². The van der Waals surface area contributed by atoms with Crippen LogP contribution in [0.25, 0.3) is 0 Å². The van der Waals surface area contributed by atoms with Gasteiger partial charge in [-0.05, 0) is 0 Å². The van der Waals surface area contributed by atoms with Crippen molar-refractivity contribution in [2.75, 3.05) is 19.5 Å². The summed E-state index contributed by atoms with van der Waals surface area (Å²) in [4.78, 5) is 0. The van der Waals surface area contributed by atoms with E-state index >= 15 is 0 Å². The minimum absolute atomic E-state index is 0. The molecule has 0 unspecified atom stereocenters. The molecule has 0 atom stereocenters. The summed E-state index contributed by atoms with van der Waals surface area (Å²) in [5.41, 5.74) is 0. The maximum atomic E-state index is 10.2. The average molecular weight is 180 g/mol. The molecule has 0 heterocycles. The van der Waals surface area contributed by atoms with E-state index in [1.165, 1.54) is 0 Å². The number of hydrogen-bond acceptors (Lipinski definition) is 4. The summed E-state index contributed by atoms with van der Waals surface area (Å²) in [6.45, 7) is -0.393. The molecule has 6 heteroatoms. The van der Waals surface area contributed by atoms with E-state index in [1.807, 2.05) is 0 Å². The molecule has 0 rings (SSSR count). The van der Waals surface area contributed by atoms with Crippen LogP contribution in [-0.4, -0.2) is 84.4 Å². The fourth-order valence-corrected chi connectivity index (χ4v) is 0.585. The molecular formula is C3H9KO4S. The fraction of sp³-hybridized carbons (Fsp3) is 1.00. The molecule has 0 amide bonds. The summed E-state index contributed by atoms with van der Waals surface area (Å²) in [6.07, 6.45) is 0. The molecule has 0 fully saturated rings. The van der Waals surface area contributed by atoms with Gasteiger partial charge in [0.05, 0.1) is 19.5 Å². The molecule has 9 heavy (non-hydrogen) atoms. The molecule has 0 spiro atoms. The van der Waals surface area contributed by atoms with Gasteiger partial charge in [0.1, 0.15) is 0 Å². The van der Waals surface area contributed by atoms with Crippen molar-refractivity contribution in [2.24, 2.45) is 0 Å². The van der Waals surface area contributed by atoms with Crippen LogP contribution in [0.15, 0.2) is 0 Å². The molecule has 0 aromatic heterocycles. The van der Waals surface area contributed by atoms with Gasteiger partial charge >= 0.3 is 51.4 Å². The second-order valence-corrected chi connectivity index (χ2v) is 3.01. The van der Waals surface area contributed by atoms with Gasteiger partial charge in [0.25, 0.3) is 10.1 Å². The first kappa shape index (κ1) is 13.1. The second kappa shape index (κ2) is 6.23. The summed E-state index contributed by atoms with van der Waals surface area (Å²) in [7, 11) is -2.36. The van der Waals surface area contributed by atoms with Gasteiger partial charge < -0.3 is 5.11 Å². The van der Waals surface area contributed by atoms with Crippen LogP contribution in [0.1, 0.15) is 0 Å². The van der Waals surface area contributed by atoms with Crippen LogP contribution in [0.3, 0.4) is 0 Å². The van der Waals surface area contributed by atoms with Gasteiger partial charge in [-0.1, -0.05) is 0 Å². The van der Waals surface area contributed by atoms with E-state index in [1.54, 1.807) is 0 Å². The third-order valence-corrected chi connectivity index (χ3v) is 1.79. The summed E-state index contributed by atoms with van der Waals surface area (Å²) in [6, 6.07) is 0. The van der Waals surface area contributed by atoms with Crippen LogP contribution in [-0.2, 0) is 14.3 Å². The van der Waals surface area contributed by atoms with Crippen LogP contribution < -0.4 is 0 Å². The molecule has 0 radical (unpaired) electrons. The van der Waals surface area contributed by atoms with Crippen molar-refractivity contribution in [1.29, 1.82) is 0 Å². The quantitative estimate of drug-likeness (QED) is 0.415. The molecule has 0 aromatic rings. The van der Waals surface area contributed by atoms with Crippen molar-refractivity contribution < 1.29 is 17.7 Å². The fourth-order valence-electron chi connectivity index (χ4n) is 0.195. The van der Waals surface area contributed by atoms with E-state index in [0.29, 0.717) is 0 Å². The first-order valence-electron chi connectivity index (χ1n) is 2.01. The first-order valence-corrected chi connectivity index (χ1v) is 3.59. The molecule has 0 aliphatic heterocycles. The SMILES string of the molecule is COS(=O)(=O)CCO.[KH]. The predicted octanol–water partition coefficient (Wildman–Crippen LogP) is -1.69. The van der Waals surface area contributed by atoms with Crippen LogP contribution in [0.5, 0.6) is 0 Å². The average Bonchev–Trinajstić information content (AvgIpc) is 1.67. The maximum absolute atomic E-state index is 10.2. The van der Waals surface area contributed by atoms with Gasteiger partial charge in [0.2, 0.25) is 0 Å². The summed E-state index contributed by atoms with van der Waals surface area (Å²) >= 11 is 0. The van der Waals surface area contributed by atoms with E-state index in [2.05, 4.69) is 4.18 Å². The van der Waals surface area contributed by atoms with Crippen LogP contribution in [0.4, 0.5) is 0 Å². The van der Waals surface area contributed by atoms with Gasteiger partial charge in [-0.25, -0.2) is 0 Å². The number of aliphatic hydroxyl groups is 1. The second-order valence-electron chi connectivity index (χ2n) is 1.15. The predicted molar refractivity (Wildman–Crippen MR) is 35.0 cm³/mol. The van der Waals surface area contributed by atoms with E-state index in [-0.39, 0.29) is 57.1 Å². The zero-order valence-electron chi connectivity index (χ0n) is 4.49. The Morgan fingerprint density at radius 1 is 1.56 bits per heavy atom. The van der Waals surface area contributed by atoms with E-state index in [0.717, 1.165) is 7.11 Å². The molecule has 0 aliphatic carbocycles. The zero-order valence-corrected chi connectivity index (χ0v) is 5.31. The van der Waals surface area contributed by atoms with E-state index < -0.39 is 16.7 Å². The van der Waals surface area contributed by atoms with E-state index in [4.69, 9.17) is 5.11 Å². The summed E-state index contributed by atoms with van der Waals surface area (Å²) in [5, 5.41) is 8.07. The molecule has 0 aliphatic rings. The normalized spacial score (nSPS) is 10.4. The number of rotatable bonds is 3. The summed E-state index contributed by atoms with van der Waals surface area (Å²) in [5.74, 6) is -0.330. The van der Waals surface area contributed by atoms with Crippen molar-refractivity contribution in [2.45, 2.75) is 0 Å². The Balaban J connectivity index is 0. The Hall–Kier alpha value is 1.51. The third-order valence-electron chi connectivity index (χ3n) is 0.595. The van der Waals surface area contributed by atoms with E-state index in [9.17, 15) is 8.42 Å². The van der Waals surface area contributed by atoms with Crippen LogP contribution in [0.2, 0.25) is 0 Å².